The van der Waals surface area contributed by atoms with Crippen molar-refractivity contribution < 1.29 is 4.42 Å². The predicted molar refractivity (Wildman–Crippen MR) is 49.4 cm³/mol. The lowest BCUT2D eigenvalue weighted by atomic mass is 10.2. The van der Waals surface area contributed by atoms with Crippen LogP contribution in [0.5, 0.6) is 0 Å². The van der Waals surface area contributed by atoms with Gasteiger partial charge in [0, 0.05) is 5.39 Å². The molecule has 2 nitrogen and oxygen atoms in total. The van der Waals surface area contributed by atoms with Crippen LogP contribution in [0.15, 0.2) is 34.4 Å². The molecule has 0 aliphatic heterocycles. The van der Waals surface area contributed by atoms with E-state index < -0.39 is 0 Å². The molecule has 0 radical (unpaired) electrons. The highest BCUT2D eigenvalue weighted by Crippen LogP contribution is 2.28. The van der Waals surface area contributed by atoms with E-state index in [2.05, 4.69) is 4.98 Å². The van der Waals surface area contributed by atoms with Gasteiger partial charge in [0.2, 0.25) is 0 Å². The monoisotopic (exact) mass is 175 g/mol. The maximum absolute atomic E-state index is 5.27. The van der Waals surface area contributed by atoms with Crippen LogP contribution >= 0.6 is 11.3 Å². The molecule has 0 atom stereocenters. The summed E-state index contributed by atoms with van der Waals surface area (Å²) in [6.45, 7) is 0. The zero-order valence-corrected chi connectivity index (χ0v) is 6.97. The Hall–Kier alpha value is -1.35. The second-order valence-electron chi connectivity index (χ2n) is 2.60. The first kappa shape index (κ1) is 6.20. The molecular weight excluding hydrogens is 170 g/mol. The van der Waals surface area contributed by atoms with Crippen LogP contribution in [-0.4, -0.2) is 4.98 Å². The Bertz CT molecular complexity index is 488. The number of hydrogen-bond donors (Lipinski definition) is 0. The third-order valence-corrected chi connectivity index (χ3v) is 2.80. The zero-order chi connectivity index (χ0) is 7.97. The van der Waals surface area contributed by atoms with Crippen molar-refractivity contribution in [1.82, 2.24) is 4.98 Å². The molecule has 0 saturated carbocycles. The first-order valence-corrected chi connectivity index (χ1v) is 4.52. The number of rotatable bonds is 0. The van der Waals surface area contributed by atoms with E-state index in [4.69, 9.17) is 4.42 Å². The molecule has 0 spiro atoms. The van der Waals surface area contributed by atoms with Gasteiger partial charge in [-0.1, -0.05) is 0 Å². The fraction of sp³-hybridized carbons (Fsp3) is 0. The molecule has 0 saturated heterocycles. The topological polar surface area (TPSA) is 26.0 Å². The van der Waals surface area contributed by atoms with Crippen molar-refractivity contribution in [3.63, 3.8) is 0 Å². The number of hydrogen-bond acceptors (Lipinski definition) is 3. The van der Waals surface area contributed by atoms with Gasteiger partial charge in [-0.05, 0) is 18.2 Å². The van der Waals surface area contributed by atoms with E-state index in [-0.39, 0.29) is 0 Å². The minimum absolute atomic E-state index is 0.937. The van der Waals surface area contributed by atoms with Gasteiger partial charge in [-0.2, -0.15) is 0 Å². The van der Waals surface area contributed by atoms with E-state index in [1.165, 1.54) is 4.70 Å². The van der Waals surface area contributed by atoms with Gasteiger partial charge in [-0.25, -0.2) is 4.98 Å². The third-order valence-electron chi connectivity index (χ3n) is 1.93. The Balaban J connectivity index is 2.71. The standard InChI is InChI=1S/C9H5NOS/c1-2-8-6(3-4-11-8)9-7(1)10-5-12-9/h1-5H. The molecule has 2 heterocycles. The van der Waals surface area contributed by atoms with Crippen LogP contribution in [0.4, 0.5) is 0 Å². The Morgan fingerprint density at radius 2 is 2.25 bits per heavy atom. The Kier molecular flexibility index (Phi) is 1.07. The molecule has 0 unspecified atom stereocenters. The van der Waals surface area contributed by atoms with Crippen molar-refractivity contribution in [1.29, 1.82) is 0 Å². The van der Waals surface area contributed by atoms with E-state index in [0.717, 1.165) is 16.5 Å². The van der Waals surface area contributed by atoms with Crippen LogP contribution in [0.1, 0.15) is 0 Å². The Morgan fingerprint density at radius 1 is 1.25 bits per heavy atom. The van der Waals surface area contributed by atoms with Crippen molar-refractivity contribution in [2.24, 2.45) is 0 Å². The number of aromatic nitrogens is 1. The minimum atomic E-state index is 0.937. The van der Waals surface area contributed by atoms with Crippen molar-refractivity contribution >= 4 is 32.5 Å². The van der Waals surface area contributed by atoms with Crippen LogP contribution in [0.3, 0.4) is 0 Å². The van der Waals surface area contributed by atoms with Crippen molar-refractivity contribution in [2.45, 2.75) is 0 Å². The molecule has 3 rings (SSSR count). The number of thiazole rings is 1. The molecule has 12 heavy (non-hydrogen) atoms. The maximum Gasteiger partial charge on any atom is 0.135 e. The van der Waals surface area contributed by atoms with Crippen LogP contribution in [0, 0.1) is 0 Å². The van der Waals surface area contributed by atoms with Crippen LogP contribution < -0.4 is 0 Å². The molecule has 2 aromatic heterocycles. The van der Waals surface area contributed by atoms with Crippen LogP contribution in [0.25, 0.3) is 21.2 Å². The van der Waals surface area contributed by atoms with Crippen molar-refractivity contribution in [2.75, 3.05) is 0 Å². The predicted octanol–water partition coefficient (Wildman–Crippen LogP) is 3.04. The summed E-state index contributed by atoms with van der Waals surface area (Å²) in [6.07, 6.45) is 1.71. The highest BCUT2D eigenvalue weighted by Gasteiger charge is 2.03. The van der Waals surface area contributed by atoms with Gasteiger partial charge in [0.15, 0.2) is 0 Å². The maximum atomic E-state index is 5.27. The number of benzene rings is 1. The summed E-state index contributed by atoms with van der Waals surface area (Å²) >= 11 is 1.65. The molecule has 0 aliphatic carbocycles. The molecule has 3 heteroatoms. The van der Waals surface area contributed by atoms with Crippen LogP contribution in [0.2, 0.25) is 0 Å². The average molecular weight is 175 g/mol. The fourth-order valence-electron chi connectivity index (χ4n) is 1.37. The lowest BCUT2D eigenvalue weighted by Gasteiger charge is -1.87. The quantitative estimate of drug-likeness (QED) is 0.525. The normalized spacial score (nSPS) is 11.3. The third kappa shape index (κ3) is 0.662. The SMILES string of the molecule is c1cc2c(ccc3ncsc32)o1. The van der Waals surface area contributed by atoms with Gasteiger partial charge in [-0.15, -0.1) is 11.3 Å². The number of fused-ring (bicyclic) bond motifs is 3. The van der Waals surface area contributed by atoms with Gasteiger partial charge in [-0.3, -0.25) is 0 Å². The second-order valence-corrected chi connectivity index (χ2v) is 3.45. The Labute approximate surface area is 72.4 Å². The molecular formula is C9H5NOS. The fourth-order valence-corrected chi connectivity index (χ4v) is 2.18. The average Bonchev–Trinajstić information content (AvgIpc) is 2.71. The summed E-state index contributed by atoms with van der Waals surface area (Å²) < 4.78 is 6.48. The molecule has 0 fully saturated rings. The molecule has 0 amide bonds. The van der Waals surface area contributed by atoms with Crippen molar-refractivity contribution in [3.05, 3.63) is 30.0 Å². The summed E-state index contributed by atoms with van der Waals surface area (Å²) in [4.78, 5) is 4.23. The van der Waals surface area contributed by atoms with Gasteiger partial charge >= 0.3 is 0 Å². The van der Waals surface area contributed by atoms with Gasteiger partial charge < -0.3 is 4.42 Å². The van der Waals surface area contributed by atoms with Gasteiger partial charge in [0.05, 0.1) is 22.0 Å². The first-order chi connectivity index (χ1) is 5.95. The van der Waals surface area contributed by atoms with E-state index >= 15 is 0 Å². The van der Waals surface area contributed by atoms with E-state index in [1.54, 1.807) is 17.6 Å². The van der Waals surface area contributed by atoms with Crippen molar-refractivity contribution in [3.8, 4) is 0 Å². The molecule has 0 aliphatic rings. The highest BCUT2D eigenvalue weighted by atomic mass is 32.1. The largest absolute Gasteiger partial charge is 0.464 e. The van der Waals surface area contributed by atoms with Gasteiger partial charge in [0.25, 0.3) is 0 Å². The summed E-state index contributed by atoms with van der Waals surface area (Å²) in [6, 6.07) is 5.92. The summed E-state index contributed by atoms with van der Waals surface area (Å²) in [5.41, 5.74) is 3.84. The van der Waals surface area contributed by atoms with E-state index in [0.29, 0.717) is 0 Å². The van der Waals surface area contributed by atoms with Crippen LogP contribution in [-0.2, 0) is 0 Å². The zero-order valence-electron chi connectivity index (χ0n) is 6.15. The van der Waals surface area contributed by atoms with Gasteiger partial charge in [0.1, 0.15) is 5.58 Å². The van der Waals surface area contributed by atoms with E-state index in [1.807, 2.05) is 23.7 Å². The van der Waals surface area contributed by atoms with E-state index in [9.17, 15) is 0 Å². The molecule has 58 valence electrons. The summed E-state index contributed by atoms with van der Waals surface area (Å²) in [7, 11) is 0. The first-order valence-electron chi connectivity index (χ1n) is 3.64. The molecule has 1 aromatic carbocycles. The minimum Gasteiger partial charge on any atom is -0.464 e. The number of furan rings is 1. The Morgan fingerprint density at radius 3 is 3.25 bits per heavy atom. The summed E-state index contributed by atoms with van der Waals surface area (Å²) in [5, 5.41) is 1.16. The molecule has 0 bridgehead atoms. The molecule has 0 N–H and O–H groups in total. The second kappa shape index (κ2) is 2.08. The highest BCUT2D eigenvalue weighted by molar-refractivity contribution is 7.17. The smallest absolute Gasteiger partial charge is 0.135 e. The molecule has 3 aromatic rings. The lowest BCUT2D eigenvalue weighted by molar-refractivity contribution is 0.616. The number of nitrogens with zero attached hydrogens (tertiary/aromatic N) is 1. The lowest BCUT2D eigenvalue weighted by Crippen LogP contribution is -1.66. The summed E-state index contributed by atoms with van der Waals surface area (Å²) in [5.74, 6) is 0.